The van der Waals surface area contributed by atoms with Crippen molar-refractivity contribution in [2.45, 2.75) is 0 Å². The summed E-state index contributed by atoms with van der Waals surface area (Å²) in [5, 5.41) is 0. The molecular formula is C11H13FN2O. The Labute approximate surface area is 88.0 Å². The Balaban J connectivity index is 2.99. The van der Waals surface area contributed by atoms with Crippen molar-refractivity contribution in [1.29, 1.82) is 0 Å². The van der Waals surface area contributed by atoms with E-state index in [0.717, 1.165) is 6.07 Å². The molecule has 1 aromatic rings. The Morgan fingerprint density at radius 2 is 2.33 bits per heavy atom. The van der Waals surface area contributed by atoms with Gasteiger partial charge in [0.1, 0.15) is 5.82 Å². The molecule has 0 bridgehead atoms. The molecule has 0 saturated carbocycles. The van der Waals surface area contributed by atoms with Crippen LogP contribution in [0, 0.1) is 5.82 Å². The van der Waals surface area contributed by atoms with Crippen molar-refractivity contribution < 1.29 is 9.18 Å². The van der Waals surface area contributed by atoms with E-state index in [9.17, 15) is 9.18 Å². The number of anilines is 1. The van der Waals surface area contributed by atoms with E-state index in [1.54, 1.807) is 13.1 Å². The largest absolute Gasteiger partial charge is 0.398 e. The van der Waals surface area contributed by atoms with Crippen molar-refractivity contribution in [1.82, 2.24) is 4.90 Å². The van der Waals surface area contributed by atoms with Crippen LogP contribution in [-0.4, -0.2) is 24.4 Å². The maximum Gasteiger partial charge on any atom is 0.256 e. The van der Waals surface area contributed by atoms with Crippen LogP contribution in [0.25, 0.3) is 0 Å². The number of carbonyl (C=O) groups is 1. The maximum absolute atomic E-state index is 12.9. The second-order valence-corrected chi connectivity index (χ2v) is 3.21. The second kappa shape index (κ2) is 4.59. The molecule has 1 rings (SSSR count). The Morgan fingerprint density at radius 1 is 1.67 bits per heavy atom. The van der Waals surface area contributed by atoms with Crippen LogP contribution in [0.3, 0.4) is 0 Å². The topological polar surface area (TPSA) is 46.3 Å². The smallest absolute Gasteiger partial charge is 0.256 e. The van der Waals surface area contributed by atoms with E-state index in [4.69, 9.17) is 5.73 Å². The third kappa shape index (κ3) is 2.56. The van der Waals surface area contributed by atoms with Gasteiger partial charge in [-0.15, -0.1) is 6.58 Å². The number of amides is 1. The van der Waals surface area contributed by atoms with Gasteiger partial charge in [-0.2, -0.15) is 0 Å². The first-order valence-corrected chi connectivity index (χ1v) is 4.47. The molecule has 0 heterocycles. The van der Waals surface area contributed by atoms with Crippen LogP contribution in [0.5, 0.6) is 0 Å². The van der Waals surface area contributed by atoms with Crippen molar-refractivity contribution in [3.63, 3.8) is 0 Å². The Morgan fingerprint density at radius 3 is 2.93 bits per heavy atom. The lowest BCUT2D eigenvalue weighted by atomic mass is 10.1. The summed E-state index contributed by atoms with van der Waals surface area (Å²) in [6, 6.07) is 3.74. The van der Waals surface area contributed by atoms with Gasteiger partial charge in [0.15, 0.2) is 0 Å². The normalized spacial score (nSPS) is 9.73. The van der Waals surface area contributed by atoms with Gasteiger partial charge in [-0.1, -0.05) is 6.08 Å². The SMILES string of the molecule is C=CCN(C)C(=O)c1cc(F)ccc1N. The number of carbonyl (C=O) groups excluding carboxylic acids is 1. The van der Waals surface area contributed by atoms with Crippen molar-refractivity contribution in [3.8, 4) is 0 Å². The van der Waals surface area contributed by atoms with E-state index in [-0.39, 0.29) is 17.2 Å². The third-order valence-corrected chi connectivity index (χ3v) is 2.00. The fourth-order valence-electron chi connectivity index (χ4n) is 1.20. The van der Waals surface area contributed by atoms with Crippen LogP contribution in [0.15, 0.2) is 30.9 Å². The standard InChI is InChI=1S/C11H13FN2O/c1-3-6-14(2)11(15)9-7-8(12)4-5-10(9)13/h3-5,7H,1,6,13H2,2H3. The fourth-order valence-corrected chi connectivity index (χ4v) is 1.20. The zero-order valence-electron chi connectivity index (χ0n) is 8.53. The molecule has 0 aliphatic carbocycles. The minimum absolute atomic E-state index is 0.180. The molecule has 0 atom stereocenters. The number of hydrogen-bond acceptors (Lipinski definition) is 2. The predicted octanol–water partition coefficient (Wildman–Crippen LogP) is 1.67. The first-order valence-electron chi connectivity index (χ1n) is 4.47. The van der Waals surface area contributed by atoms with Crippen molar-refractivity contribution >= 4 is 11.6 Å². The zero-order valence-corrected chi connectivity index (χ0v) is 8.53. The summed E-state index contributed by atoms with van der Waals surface area (Å²) in [6.45, 7) is 3.92. The average molecular weight is 208 g/mol. The molecular weight excluding hydrogens is 195 g/mol. The lowest BCUT2D eigenvalue weighted by molar-refractivity contribution is 0.0811. The summed E-state index contributed by atoms with van der Waals surface area (Å²) in [6.07, 6.45) is 1.59. The van der Waals surface area contributed by atoms with Crippen molar-refractivity contribution in [3.05, 3.63) is 42.2 Å². The van der Waals surface area contributed by atoms with Gasteiger partial charge in [-0.3, -0.25) is 4.79 Å². The van der Waals surface area contributed by atoms with Crippen molar-refractivity contribution in [2.75, 3.05) is 19.3 Å². The maximum atomic E-state index is 12.9. The van der Waals surface area contributed by atoms with E-state index in [2.05, 4.69) is 6.58 Å². The molecule has 4 heteroatoms. The lowest BCUT2D eigenvalue weighted by Crippen LogP contribution is -2.27. The number of nitrogen functional groups attached to an aromatic ring is 1. The highest BCUT2D eigenvalue weighted by Gasteiger charge is 2.14. The summed E-state index contributed by atoms with van der Waals surface area (Å²) in [4.78, 5) is 13.2. The molecule has 0 saturated heterocycles. The quantitative estimate of drug-likeness (QED) is 0.606. The summed E-state index contributed by atoms with van der Waals surface area (Å²) in [5.74, 6) is -0.786. The van der Waals surface area contributed by atoms with Gasteiger partial charge in [-0.25, -0.2) is 4.39 Å². The van der Waals surface area contributed by atoms with Crippen LogP contribution < -0.4 is 5.73 Å². The van der Waals surface area contributed by atoms with Gasteiger partial charge in [0.05, 0.1) is 5.56 Å². The summed E-state index contributed by atoms with van der Waals surface area (Å²) in [7, 11) is 1.61. The highest BCUT2D eigenvalue weighted by molar-refractivity contribution is 5.99. The first-order chi connectivity index (χ1) is 7.06. The molecule has 0 radical (unpaired) electrons. The first kappa shape index (κ1) is 11.2. The van der Waals surface area contributed by atoms with Crippen LogP contribution >= 0.6 is 0 Å². The van der Waals surface area contributed by atoms with E-state index in [0.29, 0.717) is 6.54 Å². The Hall–Kier alpha value is -1.84. The predicted molar refractivity (Wildman–Crippen MR) is 58.0 cm³/mol. The summed E-state index contributed by atoms with van der Waals surface area (Å²) >= 11 is 0. The number of nitrogens with two attached hydrogens (primary N) is 1. The molecule has 80 valence electrons. The van der Waals surface area contributed by atoms with E-state index >= 15 is 0 Å². The van der Waals surface area contributed by atoms with Gasteiger partial charge >= 0.3 is 0 Å². The molecule has 1 aromatic carbocycles. The molecule has 15 heavy (non-hydrogen) atoms. The van der Waals surface area contributed by atoms with Crippen molar-refractivity contribution in [2.24, 2.45) is 0 Å². The number of likely N-dealkylation sites (N-methyl/N-ethyl adjacent to an activating group) is 1. The highest BCUT2D eigenvalue weighted by atomic mass is 19.1. The number of nitrogens with zero attached hydrogens (tertiary/aromatic N) is 1. The number of halogens is 1. The van der Waals surface area contributed by atoms with Gasteiger partial charge in [0.2, 0.25) is 0 Å². The fraction of sp³-hybridized carbons (Fsp3) is 0.182. The van der Waals surface area contributed by atoms with Gasteiger partial charge in [0.25, 0.3) is 5.91 Å². The number of benzene rings is 1. The second-order valence-electron chi connectivity index (χ2n) is 3.21. The Bertz CT molecular complexity index is 390. The van der Waals surface area contributed by atoms with Gasteiger partial charge in [-0.05, 0) is 18.2 Å². The average Bonchev–Trinajstić information content (AvgIpc) is 2.21. The monoisotopic (exact) mass is 208 g/mol. The Kier molecular flexibility index (Phi) is 3.44. The molecule has 0 aliphatic rings. The molecule has 0 spiro atoms. The molecule has 0 aromatic heterocycles. The van der Waals surface area contributed by atoms with E-state index in [1.165, 1.54) is 17.0 Å². The van der Waals surface area contributed by atoms with Crippen LogP contribution in [0.4, 0.5) is 10.1 Å². The molecule has 2 N–H and O–H groups in total. The minimum atomic E-state index is -0.473. The van der Waals surface area contributed by atoms with Gasteiger partial charge < -0.3 is 10.6 Å². The third-order valence-electron chi connectivity index (χ3n) is 2.00. The highest BCUT2D eigenvalue weighted by Crippen LogP contribution is 2.15. The van der Waals surface area contributed by atoms with Crippen LogP contribution in [0.2, 0.25) is 0 Å². The van der Waals surface area contributed by atoms with E-state index < -0.39 is 5.82 Å². The molecule has 1 amide bonds. The molecule has 0 fully saturated rings. The minimum Gasteiger partial charge on any atom is -0.398 e. The van der Waals surface area contributed by atoms with Gasteiger partial charge in [0, 0.05) is 19.3 Å². The number of hydrogen-bond donors (Lipinski definition) is 1. The summed E-state index contributed by atoms with van der Waals surface area (Å²) in [5.41, 5.74) is 6.04. The molecule has 0 aliphatic heterocycles. The van der Waals surface area contributed by atoms with Crippen LogP contribution in [-0.2, 0) is 0 Å². The molecule has 0 unspecified atom stereocenters. The lowest BCUT2D eigenvalue weighted by Gasteiger charge is -2.15. The number of rotatable bonds is 3. The summed E-state index contributed by atoms with van der Waals surface area (Å²) < 4.78 is 12.9. The zero-order chi connectivity index (χ0) is 11.4. The molecule has 3 nitrogen and oxygen atoms in total. The van der Waals surface area contributed by atoms with Crippen LogP contribution in [0.1, 0.15) is 10.4 Å². The van der Waals surface area contributed by atoms with E-state index in [1.807, 2.05) is 0 Å².